The topological polar surface area (TPSA) is 47.6 Å². The van der Waals surface area contributed by atoms with Gasteiger partial charge in [0.25, 0.3) is 5.91 Å². The quantitative estimate of drug-likeness (QED) is 0.757. The molecule has 0 aliphatic rings. The number of hydrogen-bond acceptors (Lipinski definition) is 3. The van der Waals surface area contributed by atoms with Gasteiger partial charge in [0.1, 0.15) is 5.75 Å². The monoisotopic (exact) mass is 251 g/mol. The molecule has 100 valence electrons. The van der Waals surface area contributed by atoms with Crippen LogP contribution in [0.4, 0.5) is 0 Å². The summed E-state index contributed by atoms with van der Waals surface area (Å²) >= 11 is 0. The highest BCUT2D eigenvalue weighted by Gasteiger charge is 2.09. The molecular weight excluding hydrogens is 230 g/mol. The van der Waals surface area contributed by atoms with Gasteiger partial charge in [0.15, 0.2) is 0 Å². The summed E-state index contributed by atoms with van der Waals surface area (Å²) in [6.45, 7) is 5.74. The van der Waals surface area contributed by atoms with Crippen LogP contribution in [0.3, 0.4) is 0 Å². The van der Waals surface area contributed by atoms with Crippen LogP contribution in [0.2, 0.25) is 0 Å². The van der Waals surface area contributed by atoms with E-state index in [0.29, 0.717) is 25.3 Å². The Morgan fingerprint density at radius 2 is 2.11 bits per heavy atom. The Bertz CT molecular complexity index is 391. The first-order valence-corrected chi connectivity index (χ1v) is 6.25. The molecule has 0 bridgehead atoms. The minimum Gasteiger partial charge on any atom is -0.496 e. The van der Waals surface area contributed by atoms with Crippen molar-refractivity contribution in [2.45, 2.75) is 26.9 Å². The zero-order chi connectivity index (χ0) is 13.4. The number of carbonyl (C=O) groups excluding carboxylic acids is 1. The molecular formula is C14H21NO3. The molecule has 0 heterocycles. The predicted octanol–water partition coefficient (Wildman–Crippen LogP) is 2.37. The van der Waals surface area contributed by atoms with E-state index in [-0.39, 0.29) is 5.91 Å². The smallest absolute Gasteiger partial charge is 0.251 e. The van der Waals surface area contributed by atoms with Crippen LogP contribution in [0.1, 0.15) is 36.2 Å². The largest absolute Gasteiger partial charge is 0.496 e. The Hall–Kier alpha value is -1.55. The van der Waals surface area contributed by atoms with Crippen LogP contribution in [-0.2, 0) is 11.3 Å². The lowest BCUT2D eigenvalue weighted by Gasteiger charge is -2.11. The maximum Gasteiger partial charge on any atom is 0.251 e. The van der Waals surface area contributed by atoms with E-state index >= 15 is 0 Å². The summed E-state index contributed by atoms with van der Waals surface area (Å²) in [5.41, 5.74) is 1.53. The third-order valence-corrected chi connectivity index (χ3v) is 2.49. The second kappa shape index (κ2) is 7.71. The Labute approximate surface area is 108 Å². The Morgan fingerprint density at radius 3 is 2.72 bits per heavy atom. The highest BCUT2D eigenvalue weighted by atomic mass is 16.5. The molecule has 0 unspecified atom stereocenters. The van der Waals surface area contributed by atoms with Crippen molar-refractivity contribution < 1.29 is 14.3 Å². The summed E-state index contributed by atoms with van der Waals surface area (Å²) in [4.78, 5) is 11.7. The molecule has 4 nitrogen and oxygen atoms in total. The lowest BCUT2D eigenvalue weighted by molar-refractivity contribution is 0.0954. The number of benzene rings is 1. The van der Waals surface area contributed by atoms with Gasteiger partial charge in [-0.05, 0) is 31.5 Å². The molecule has 0 atom stereocenters. The van der Waals surface area contributed by atoms with Crippen molar-refractivity contribution in [3.63, 3.8) is 0 Å². The van der Waals surface area contributed by atoms with Crippen molar-refractivity contribution in [3.8, 4) is 5.75 Å². The van der Waals surface area contributed by atoms with Gasteiger partial charge < -0.3 is 14.8 Å². The first kappa shape index (κ1) is 14.5. The van der Waals surface area contributed by atoms with Crippen molar-refractivity contribution in [1.82, 2.24) is 5.32 Å². The zero-order valence-electron chi connectivity index (χ0n) is 11.3. The number of hydrogen-bond donors (Lipinski definition) is 1. The van der Waals surface area contributed by atoms with E-state index in [1.807, 2.05) is 13.0 Å². The summed E-state index contributed by atoms with van der Waals surface area (Å²) in [6.07, 6.45) is 0.971. The fraction of sp³-hybridized carbons (Fsp3) is 0.500. The second-order valence-electron chi connectivity index (χ2n) is 3.94. The van der Waals surface area contributed by atoms with Crippen molar-refractivity contribution in [1.29, 1.82) is 0 Å². The molecule has 0 aliphatic carbocycles. The van der Waals surface area contributed by atoms with Crippen LogP contribution >= 0.6 is 0 Å². The van der Waals surface area contributed by atoms with Crippen LogP contribution in [0, 0.1) is 0 Å². The fourth-order valence-electron chi connectivity index (χ4n) is 1.62. The minimum absolute atomic E-state index is 0.0723. The molecule has 0 fully saturated rings. The maximum atomic E-state index is 11.7. The number of ether oxygens (including phenoxy) is 2. The standard InChI is InChI=1S/C14H21NO3/c1-4-8-18-10-12-9-11(14(16)15-5-2)6-7-13(12)17-3/h6-7,9H,4-5,8,10H2,1-3H3,(H,15,16). The van der Waals surface area contributed by atoms with E-state index in [9.17, 15) is 4.79 Å². The molecule has 0 spiro atoms. The van der Waals surface area contributed by atoms with Gasteiger partial charge in [0.2, 0.25) is 0 Å². The number of methoxy groups -OCH3 is 1. The molecule has 1 aromatic rings. The van der Waals surface area contributed by atoms with Gasteiger partial charge in [-0.25, -0.2) is 0 Å². The van der Waals surface area contributed by atoms with Gasteiger partial charge in [-0.15, -0.1) is 0 Å². The Morgan fingerprint density at radius 1 is 1.33 bits per heavy atom. The number of nitrogens with one attached hydrogen (secondary N) is 1. The Kier molecular flexibility index (Phi) is 6.22. The highest BCUT2D eigenvalue weighted by molar-refractivity contribution is 5.94. The SMILES string of the molecule is CCCOCc1cc(C(=O)NCC)ccc1OC. The average molecular weight is 251 g/mol. The molecule has 1 N–H and O–H groups in total. The van der Waals surface area contributed by atoms with Crippen LogP contribution in [0.25, 0.3) is 0 Å². The van der Waals surface area contributed by atoms with E-state index in [1.54, 1.807) is 19.2 Å². The third-order valence-electron chi connectivity index (χ3n) is 2.49. The van der Waals surface area contributed by atoms with Gasteiger partial charge in [-0.3, -0.25) is 4.79 Å². The molecule has 1 aromatic carbocycles. The van der Waals surface area contributed by atoms with Gasteiger partial charge in [0, 0.05) is 24.3 Å². The Balaban J connectivity index is 2.83. The lowest BCUT2D eigenvalue weighted by atomic mass is 10.1. The van der Waals surface area contributed by atoms with E-state index in [2.05, 4.69) is 12.2 Å². The first-order chi connectivity index (χ1) is 8.72. The van der Waals surface area contributed by atoms with Crippen LogP contribution in [0.15, 0.2) is 18.2 Å². The molecule has 0 aliphatic heterocycles. The van der Waals surface area contributed by atoms with E-state index in [4.69, 9.17) is 9.47 Å². The minimum atomic E-state index is -0.0723. The molecule has 1 amide bonds. The molecule has 0 saturated carbocycles. The van der Waals surface area contributed by atoms with Crippen LogP contribution in [0.5, 0.6) is 5.75 Å². The number of rotatable bonds is 7. The number of carbonyl (C=O) groups is 1. The molecule has 0 radical (unpaired) electrons. The van der Waals surface area contributed by atoms with Crippen molar-refractivity contribution in [3.05, 3.63) is 29.3 Å². The predicted molar refractivity (Wildman–Crippen MR) is 70.9 cm³/mol. The van der Waals surface area contributed by atoms with E-state index in [0.717, 1.165) is 17.7 Å². The van der Waals surface area contributed by atoms with E-state index in [1.165, 1.54) is 0 Å². The average Bonchev–Trinajstić information content (AvgIpc) is 2.39. The van der Waals surface area contributed by atoms with E-state index < -0.39 is 0 Å². The highest BCUT2D eigenvalue weighted by Crippen LogP contribution is 2.20. The number of amides is 1. The molecule has 0 aromatic heterocycles. The molecule has 18 heavy (non-hydrogen) atoms. The van der Waals surface area contributed by atoms with Gasteiger partial charge in [-0.2, -0.15) is 0 Å². The maximum absolute atomic E-state index is 11.7. The summed E-state index contributed by atoms with van der Waals surface area (Å²) in [6, 6.07) is 5.38. The second-order valence-corrected chi connectivity index (χ2v) is 3.94. The normalized spacial score (nSPS) is 10.2. The van der Waals surface area contributed by atoms with Crippen molar-refractivity contribution >= 4 is 5.91 Å². The summed E-state index contributed by atoms with van der Waals surface area (Å²) in [5, 5.41) is 2.77. The summed E-state index contributed by atoms with van der Waals surface area (Å²) in [7, 11) is 1.62. The lowest BCUT2D eigenvalue weighted by Crippen LogP contribution is -2.22. The third kappa shape index (κ3) is 4.04. The zero-order valence-corrected chi connectivity index (χ0v) is 11.3. The molecule has 4 heteroatoms. The van der Waals surface area contributed by atoms with Crippen LogP contribution in [-0.4, -0.2) is 26.2 Å². The molecule has 0 saturated heterocycles. The first-order valence-electron chi connectivity index (χ1n) is 6.25. The van der Waals surface area contributed by atoms with Gasteiger partial charge in [-0.1, -0.05) is 6.92 Å². The summed E-state index contributed by atoms with van der Waals surface area (Å²) < 4.78 is 10.8. The fourth-order valence-corrected chi connectivity index (χ4v) is 1.62. The van der Waals surface area contributed by atoms with Crippen molar-refractivity contribution in [2.24, 2.45) is 0 Å². The van der Waals surface area contributed by atoms with Crippen molar-refractivity contribution in [2.75, 3.05) is 20.3 Å². The summed E-state index contributed by atoms with van der Waals surface area (Å²) in [5.74, 6) is 0.677. The van der Waals surface area contributed by atoms with Gasteiger partial charge >= 0.3 is 0 Å². The van der Waals surface area contributed by atoms with Crippen LogP contribution < -0.4 is 10.1 Å². The molecule has 1 rings (SSSR count). The van der Waals surface area contributed by atoms with Gasteiger partial charge in [0.05, 0.1) is 13.7 Å².